The largest absolute Gasteiger partial charge is 0.365 e. The fourth-order valence-corrected chi connectivity index (χ4v) is 4.20. The SMILES string of the molecule is Cc1sc(NC(=O)CN(Cc2ccccc2)C(=O)c2ccccc2)c(C(N)=O)c1C. The van der Waals surface area contributed by atoms with Gasteiger partial charge in [0, 0.05) is 17.0 Å². The van der Waals surface area contributed by atoms with Crippen LogP contribution >= 0.6 is 11.3 Å². The third kappa shape index (κ3) is 4.93. The number of anilines is 1. The van der Waals surface area contributed by atoms with Crippen molar-refractivity contribution < 1.29 is 14.4 Å². The number of nitrogens with one attached hydrogen (secondary N) is 1. The quantitative estimate of drug-likeness (QED) is 0.609. The zero-order valence-corrected chi connectivity index (χ0v) is 17.7. The van der Waals surface area contributed by atoms with E-state index in [1.807, 2.05) is 43.3 Å². The van der Waals surface area contributed by atoms with Crippen LogP contribution in [0.1, 0.15) is 36.7 Å². The van der Waals surface area contributed by atoms with Crippen LogP contribution in [-0.2, 0) is 11.3 Å². The molecule has 30 heavy (non-hydrogen) atoms. The molecule has 3 amide bonds. The Morgan fingerprint density at radius 2 is 1.57 bits per heavy atom. The highest BCUT2D eigenvalue weighted by Crippen LogP contribution is 2.32. The highest BCUT2D eigenvalue weighted by atomic mass is 32.1. The number of hydrogen-bond acceptors (Lipinski definition) is 4. The fourth-order valence-electron chi connectivity index (χ4n) is 3.12. The average molecular weight is 422 g/mol. The maximum atomic E-state index is 13.0. The maximum Gasteiger partial charge on any atom is 0.254 e. The summed E-state index contributed by atoms with van der Waals surface area (Å²) in [6.07, 6.45) is 0. The lowest BCUT2D eigenvalue weighted by Gasteiger charge is -2.22. The molecule has 0 bridgehead atoms. The van der Waals surface area contributed by atoms with Crippen molar-refractivity contribution >= 4 is 34.1 Å². The number of hydrogen-bond donors (Lipinski definition) is 2. The van der Waals surface area contributed by atoms with E-state index in [2.05, 4.69) is 5.32 Å². The number of primary amides is 1. The molecule has 0 saturated carbocycles. The van der Waals surface area contributed by atoms with Crippen molar-refractivity contribution in [3.8, 4) is 0 Å². The lowest BCUT2D eigenvalue weighted by atomic mass is 10.1. The molecule has 7 heteroatoms. The Kier molecular flexibility index (Phi) is 6.64. The molecular weight excluding hydrogens is 398 g/mol. The molecule has 0 aliphatic carbocycles. The monoisotopic (exact) mass is 421 g/mol. The predicted octanol–water partition coefficient (Wildman–Crippen LogP) is 3.74. The van der Waals surface area contributed by atoms with Crippen LogP contribution in [0.5, 0.6) is 0 Å². The van der Waals surface area contributed by atoms with Crippen LogP contribution < -0.4 is 11.1 Å². The number of amides is 3. The minimum absolute atomic E-state index is 0.156. The smallest absolute Gasteiger partial charge is 0.254 e. The maximum absolute atomic E-state index is 13.0. The molecule has 6 nitrogen and oxygen atoms in total. The minimum atomic E-state index is -0.589. The first-order chi connectivity index (χ1) is 14.4. The molecule has 1 aromatic heterocycles. The molecule has 0 aliphatic rings. The van der Waals surface area contributed by atoms with Gasteiger partial charge in [-0.3, -0.25) is 14.4 Å². The van der Waals surface area contributed by atoms with Gasteiger partial charge in [0.05, 0.1) is 5.56 Å². The van der Waals surface area contributed by atoms with Crippen molar-refractivity contribution in [2.24, 2.45) is 5.73 Å². The summed E-state index contributed by atoms with van der Waals surface area (Å²) in [5, 5.41) is 3.17. The van der Waals surface area contributed by atoms with Crippen LogP contribution in [0.25, 0.3) is 0 Å². The highest BCUT2D eigenvalue weighted by molar-refractivity contribution is 7.16. The van der Waals surface area contributed by atoms with Gasteiger partial charge in [-0.1, -0.05) is 48.5 Å². The second kappa shape index (κ2) is 9.37. The number of rotatable bonds is 7. The van der Waals surface area contributed by atoms with Crippen LogP contribution in [0.15, 0.2) is 60.7 Å². The van der Waals surface area contributed by atoms with Gasteiger partial charge in [-0.05, 0) is 37.1 Å². The summed E-state index contributed by atoms with van der Waals surface area (Å²) in [6.45, 7) is 3.79. The molecular formula is C23H23N3O3S. The number of aryl methyl sites for hydroxylation is 1. The van der Waals surface area contributed by atoms with E-state index in [0.717, 1.165) is 16.0 Å². The molecule has 0 unspecified atom stereocenters. The number of thiophene rings is 1. The van der Waals surface area contributed by atoms with Crippen LogP contribution in [0.3, 0.4) is 0 Å². The summed E-state index contributed by atoms with van der Waals surface area (Å²) in [7, 11) is 0. The topological polar surface area (TPSA) is 92.5 Å². The van der Waals surface area contributed by atoms with Gasteiger partial charge in [0.15, 0.2) is 0 Å². The van der Waals surface area contributed by atoms with Crippen molar-refractivity contribution in [1.29, 1.82) is 0 Å². The van der Waals surface area contributed by atoms with Crippen molar-refractivity contribution in [1.82, 2.24) is 4.90 Å². The van der Waals surface area contributed by atoms with Gasteiger partial charge in [0.1, 0.15) is 11.5 Å². The molecule has 1 heterocycles. The zero-order chi connectivity index (χ0) is 21.7. The number of nitrogens with zero attached hydrogens (tertiary/aromatic N) is 1. The average Bonchev–Trinajstić information content (AvgIpc) is 3.01. The van der Waals surface area contributed by atoms with Crippen LogP contribution in [0.4, 0.5) is 5.00 Å². The standard InChI is InChI=1S/C23H23N3O3S/c1-15-16(2)30-22(20(15)21(24)28)25-19(27)14-26(13-17-9-5-3-6-10-17)23(29)18-11-7-4-8-12-18/h3-12H,13-14H2,1-2H3,(H2,24,28)(H,25,27). The second-order valence-corrected chi connectivity index (χ2v) is 8.14. The van der Waals surface area contributed by atoms with Gasteiger partial charge in [-0.15, -0.1) is 11.3 Å². The summed E-state index contributed by atoms with van der Waals surface area (Å²) in [6, 6.07) is 18.3. The first kappa shape index (κ1) is 21.3. The van der Waals surface area contributed by atoms with Crippen molar-refractivity contribution in [2.45, 2.75) is 20.4 Å². The van der Waals surface area contributed by atoms with E-state index >= 15 is 0 Å². The Balaban J connectivity index is 1.82. The lowest BCUT2D eigenvalue weighted by molar-refractivity contribution is -0.117. The first-order valence-electron chi connectivity index (χ1n) is 9.44. The fraction of sp³-hybridized carbons (Fsp3) is 0.174. The molecule has 0 fully saturated rings. The number of carbonyl (C=O) groups excluding carboxylic acids is 3. The summed E-state index contributed by atoms with van der Waals surface area (Å²) >= 11 is 1.30. The molecule has 2 aromatic carbocycles. The van der Waals surface area contributed by atoms with E-state index in [0.29, 0.717) is 16.1 Å². The predicted molar refractivity (Wildman–Crippen MR) is 119 cm³/mol. The van der Waals surface area contributed by atoms with Crippen LogP contribution in [0.2, 0.25) is 0 Å². The summed E-state index contributed by atoms with van der Waals surface area (Å²) in [5.74, 6) is -1.23. The molecule has 3 aromatic rings. The third-order valence-corrected chi connectivity index (χ3v) is 5.87. The van der Waals surface area contributed by atoms with E-state index < -0.39 is 5.91 Å². The minimum Gasteiger partial charge on any atom is -0.365 e. The number of nitrogens with two attached hydrogens (primary N) is 1. The van der Waals surface area contributed by atoms with Crippen molar-refractivity contribution in [3.05, 3.63) is 87.8 Å². The van der Waals surface area contributed by atoms with E-state index in [1.54, 1.807) is 31.2 Å². The van der Waals surface area contributed by atoms with Crippen molar-refractivity contribution in [2.75, 3.05) is 11.9 Å². The molecule has 0 saturated heterocycles. The summed E-state index contributed by atoms with van der Waals surface area (Å²) in [4.78, 5) is 40.0. The molecule has 0 atom stereocenters. The van der Waals surface area contributed by atoms with Gasteiger partial charge in [0.2, 0.25) is 5.91 Å². The van der Waals surface area contributed by atoms with Gasteiger partial charge in [0.25, 0.3) is 11.8 Å². The third-order valence-electron chi connectivity index (χ3n) is 4.74. The molecule has 0 spiro atoms. The Hall–Kier alpha value is -3.45. The zero-order valence-electron chi connectivity index (χ0n) is 16.8. The van der Waals surface area contributed by atoms with Crippen LogP contribution in [-0.4, -0.2) is 29.2 Å². The Bertz CT molecular complexity index is 1060. The lowest BCUT2D eigenvalue weighted by Crippen LogP contribution is -2.37. The molecule has 0 aliphatic heterocycles. The number of benzene rings is 2. The second-order valence-electron chi connectivity index (χ2n) is 6.91. The number of carbonyl (C=O) groups is 3. The van der Waals surface area contributed by atoms with E-state index in [9.17, 15) is 14.4 Å². The van der Waals surface area contributed by atoms with E-state index in [1.165, 1.54) is 16.2 Å². The molecule has 3 rings (SSSR count). The normalized spacial score (nSPS) is 10.5. The van der Waals surface area contributed by atoms with Gasteiger partial charge >= 0.3 is 0 Å². The van der Waals surface area contributed by atoms with Crippen LogP contribution in [0, 0.1) is 13.8 Å². The van der Waals surface area contributed by atoms with E-state index in [4.69, 9.17) is 5.73 Å². The molecule has 0 radical (unpaired) electrons. The highest BCUT2D eigenvalue weighted by Gasteiger charge is 2.22. The summed E-state index contributed by atoms with van der Waals surface area (Å²) in [5.41, 5.74) is 7.97. The molecule has 3 N–H and O–H groups in total. The first-order valence-corrected chi connectivity index (χ1v) is 10.3. The Morgan fingerprint density at radius 1 is 0.967 bits per heavy atom. The van der Waals surface area contributed by atoms with Crippen molar-refractivity contribution in [3.63, 3.8) is 0 Å². The Morgan fingerprint density at radius 3 is 2.17 bits per heavy atom. The van der Waals surface area contributed by atoms with Gasteiger partial charge in [-0.2, -0.15) is 0 Å². The van der Waals surface area contributed by atoms with Gasteiger partial charge in [-0.25, -0.2) is 0 Å². The Labute approximate surface area is 179 Å². The van der Waals surface area contributed by atoms with Gasteiger partial charge < -0.3 is 16.0 Å². The summed E-state index contributed by atoms with van der Waals surface area (Å²) < 4.78 is 0. The molecule has 154 valence electrons. The van der Waals surface area contributed by atoms with E-state index in [-0.39, 0.29) is 24.9 Å².